The summed E-state index contributed by atoms with van der Waals surface area (Å²) in [4.78, 5) is 74.5. The molecule has 16 nitrogen and oxygen atoms in total. The maximum atomic E-state index is 13.1. The monoisotopic (exact) mass is 576 g/mol. The molecule has 40 heavy (non-hydrogen) atoms. The number of aliphatic hydroxyl groups excluding tert-OH is 3. The van der Waals surface area contributed by atoms with E-state index >= 15 is 0 Å². The first-order valence-electron chi connectivity index (χ1n) is 12.9. The van der Waals surface area contributed by atoms with E-state index in [0.29, 0.717) is 6.42 Å². The van der Waals surface area contributed by atoms with Crippen molar-refractivity contribution >= 4 is 35.5 Å². The van der Waals surface area contributed by atoms with Gasteiger partial charge >= 0.3 is 5.97 Å². The van der Waals surface area contributed by atoms with E-state index in [4.69, 9.17) is 15.9 Å². The van der Waals surface area contributed by atoms with Crippen LogP contribution in [-0.4, -0.2) is 112 Å². The van der Waals surface area contributed by atoms with Gasteiger partial charge in [0.25, 0.3) is 0 Å². The van der Waals surface area contributed by atoms with E-state index in [1.165, 1.54) is 13.8 Å². The SMILES string of the molecule is CCC(C)C(NC(=O)C(N)CO)C(=O)NC(C(=O)NC(C(=O)NC(CO)C(=O)NC(C)C(=O)O)C(C)C)C(C)O. The van der Waals surface area contributed by atoms with Crippen molar-refractivity contribution in [2.24, 2.45) is 17.6 Å². The van der Waals surface area contributed by atoms with Gasteiger partial charge in [-0.2, -0.15) is 0 Å². The highest BCUT2D eigenvalue weighted by molar-refractivity contribution is 5.96. The number of carboxylic acid groups (broad SMARTS) is 1. The lowest BCUT2D eigenvalue weighted by molar-refractivity contribution is -0.142. The second kappa shape index (κ2) is 17.4. The van der Waals surface area contributed by atoms with E-state index in [-0.39, 0.29) is 0 Å². The van der Waals surface area contributed by atoms with Crippen molar-refractivity contribution in [1.29, 1.82) is 0 Å². The molecule has 0 aliphatic rings. The molecule has 8 unspecified atom stereocenters. The van der Waals surface area contributed by atoms with E-state index in [9.17, 15) is 39.0 Å². The molecule has 0 radical (unpaired) electrons. The number of hydrogen-bond donors (Lipinski definition) is 10. The summed E-state index contributed by atoms with van der Waals surface area (Å²) in [5.41, 5.74) is 5.51. The highest BCUT2D eigenvalue weighted by Crippen LogP contribution is 2.10. The second-order valence-corrected chi connectivity index (χ2v) is 9.93. The Bertz CT molecular complexity index is 899. The average Bonchev–Trinajstić information content (AvgIpc) is 2.89. The molecule has 0 spiro atoms. The Kier molecular flexibility index (Phi) is 15.9. The van der Waals surface area contributed by atoms with E-state index in [0.717, 1.165) is 0 Å². The number of carbonyl (C=O) groups is 6. The Hall–Kier alpha value is -3.34. The number of hydrogen-bond acceptors (Lipinski definition) is 10. The third kappa shape index (κ3) is 11.4. The van der Waals surface area contributed by atoms with Gasteiger partial charge in [-0.3, -0.25) is 28.8 Å². The van der Waals surface area contributed by atoms with Gasteiger partial charge in [0.15, 0.2) is 0 Å². The van der Waals surface area contributed by atoms with Crippen molar-refractivity contribution < 1.29 is 49.2 Å². The van der Waals surface area contributed by atoms with Crippen LogP contribution in [-0.2, 0) is 28.8 Å². The third-order valence-electron chi connectivity index (χ3n) is 6.18. The highest BCUT2D eigenvalue weighted by Gasteiger charge is 2.36. The lowest BCUT2D eigenvalue weighted by Gasteiger charge is -2.30. The van der Waals surface area contributed by atoms with Crippen LogP contribution in [0.15, 0.2) is 0 Å². The molecule has 0 rings (SSSR count). The lowest BCUT2D eigenvalue weighted by atomic mass is 9.97. The van der Waals surface area contributed by atoms with Crippen molar-refractivity contribution in [3.63, 3.8) is 0 Å². The number of amides is 5. The van der Waals surface area contributed by atoms with E-state index in [2.05, 4.69) is 26.6 Å². The van der Waals surface area contributed by atoms with Gasteiger partial charge < -0.3 is 52.7 Å². The molecule has 8 atom stereocenters. The van der Waals surface area contributed by atoms with E-state index in [1.54, 1.807) is 27.7 Å². The summed E-state index contributed by atoms with van der Waals surface area (Å²) >= 11 is 0. The fourth-order valence-electron chi connectivity index (χ4n) is 3.30. The van der Waals surface area contributed by atoms with E-state index < -0.39 is 103 Å². The summed E-state index contributed by atoms with van der Waals surface area (Å²) in [5.74, 6) is -6.74. The van der Waals surface area contributed by atoms with Crippen LogP contribution in [0.2, 0.25) is 0 Å². The Balaban J connectivity index is 5.71. The first kappa shape index (κ1) is 36.7. The normalized spacial score (nSPS) is 17.2. The van der Waals surface area contributed by atoms with Gasteiger partial charge in [0.05, 0.1) is 19.3 Å². The van der Waals surface area contributed by atoms with Gasteiger partial charge in [-0.25, -0.2) is 0 Å². The molecule has 0 aromatic carbocycles. The van der Waals surface area contributed by atoms with Crippen LogP contribution in [0.1, 0.15) is 48.0 Å². The summed E-state index contributed by atoms with van der Waals surface area (Å²) in [5, 5.41) is 49.4. The molecule has 0 heterocycles. The zero-order valence-corrected chi connectivity index (χ0v) is 23.6. The van der Waals surface area contributed by atoms with Crippen molar-refractivity contribution in [3.05, 3.63) is 0 Å². The van der Waals surface area contributed by atoms with Crippen LogP contribution < -0.4 is 32.3 Å². The minimum absolute atomic E-state index is 0.424. The van der Waals surface area contributed by atoms with Crippen LogP contribution >= 0.6 is 0 Å². The highest BCUT2D eigenvalue weighted by atomic mass is 16.4. The first-order valence-corrected chi connectivity index (χ1v) is 12.9. The van der Waals surface area contributed by atoms with Crippen molar-refractivity contribution in [1.82, 2.24) is 26.6 Å². The number of nitrogens with one attached hydrogen (secondary N) is 5. The Morgan fingerprint density at radius 2 is 1.15 bits per heavy atom. The van der Waals surface area contributed by atoms with Gasteiger partial charge in [-0.05, 0) is 25.7 Å². The predicted octanol–water partition coefficient (Wildman–Crippen LogP) is -4.09. The van der Waals surface area contributed by atoms with Crippen LogP contribution in [0, 0.1) is 11.8 Å². The molecule has 11 N–H and O–H groups in total. The molecular weight excluding hydrogens is 532 g/mol. The predicted molar refractivity (Wildman–Crippen MR) is 141 cm³/mol. The van der Waals surface area contributed by atoms with Crippen molar-refractivity contribution in [3.8, 4) is 0 Å². The number of rotatable bonds is 17. The molecule has 0 bridgehead atoms. The van der Waals surface area contributed by atoms with Gasteiger partial charge in [0.1, 0.15) is 36.3 Å². The average molecular weight is 577 g/mol. The first-order chi connectivity index (χ1) is 18.5. The van der Waals surface area contributed by atoms with Crippen LogP contribution in [0.25, 0.3) is 0 Å². The summed E-state index contributed by atoms with van der Waals surface area (Å²) in [7, 11) is 0. The minimum Gasteiger partial charge on any atom is -0.480 e. The summed E-state index contributed by atoms with van der Waals surface area (Å²) in [6.07, 6.45) is -1.00. The van der Waals surface area contributed by atoms with Crippen LogP contribution in [0.5, 0.6) is 0 Å². The third-order valence-corrected chi connectivity index (χ3v) is 6.18. The number of carbonyl (C=O) groups excluding carboxylic acids is 5. The number of aliphatic carboxylic acids is 1. The molecule has 0 aliphatic carbocycles. The molecule has 230 valence electrons. The van der Waals surface area contributed by atoms with Gasteiger partial charge in [-0.1, -0.05) is 34.1 Å². The lowest BCUT2D eigenvalue weighted by Crippen LogP contribution is -2.63. The fraction of sp³-hybridized carbons (Fsp3) is 0.750. The summed E-state index contributed by atoms with van der Waals surface area (Å²) in [6.45, 7) is 7.46. The molecule has 16 heteroatoms. The molecule has 0 aromatic rings. The second-order valence-electron chi connectivity index (χ2n) is 9.93. The number of nitrogens with two attached hydrogens (primary N) is 1. The van der Waals surface area contributed by atoms with Crippen molar-refractivity contribution in [2.75, 3.05) is 13.2 Å². The zero-order valence-electron chi connectivity index (χ0n) is 23.6. The largest absolute Gasteiger partial charge is 0.480 e. The fourth-order valence-corrected chi connectivity index (χ4v) is 3.30. The van der Waals surface area contributed by atoms with E-state index in [1.807, 2.05) is 0 Å². The van der Waals surface area contributed by atoms with Crippen LogP contribution in [0.3, 0.4) is 0 Å². The molecule has 0 aliphatic heterocycles. The Morgan fingerprint density at radius 1 is 0.675 bits per heavy atom. The maximum absolute atomic E-state index is 13.1. The van der Waals surface area contributed by atoms with Gasteiger partial charge in [0.2, 0.25) is 29.5 Å². The standard InChI is InChI=1S/C24H44N6O10/c1-7-11(4)17(29-19(34)14(25)8-31)22(37)30-18(13(6)33)23(38)28-16(10(2)3)21(36)27-15(9-32)20(35)26-12(5)24(39)40/h10-18,31-33H,7-9,25H2,1-6H3,(H,26,35)(H,27,36)(H,28,38)(H,29,34)(H,30,37)(H,39,40). The molecule has 5 amide bonds. The summed E-state index contributed by atoms with van der Waals surface area (Å²) < 4.78 is 0. The molecule has 0 saturated heterocycles. The molecule has 0 fully saturated rings. The topological polar surface area (TPSA) is 270 Å². The number of aliphatic hydroxyl groups is 3. The minimum atomic E-state index is -1.56. The molecular formula is C24H44N6O10. The smallest absolute Gasteiger partial charge is 0.325 e. The van der Waals surface area contributed by atoms with Gasteiger partial charge in [-0.15, -0.1) is 0 Å². The quantitative estimate of drug-likeness (QED) is 0.0795. The summed E-state index contributed by atoms with van der Waals surface area (Å²) in [6, 6.07) is -8.12. The molecule has 0 saturated carbocycles. The Labute approximate surface area is 232 Å². The van der Waals surface area contributed by atoms with Crippen LogP contribution in [0.4, 0.5) is 0 Å². The Morgan fingerprint density at radius 3 is 1.57 bits per heavy atom. The zero-order chi connectivity index (χ0) is 31.3. The number of carboxylic acids is 1. The van der Waals surface area contributed by atoms with Crippen molar-refractivity contribution in [2.45, 2.75) is 90.3 Å². The van der Waals surface area contributed by atoms with Gasteiger partial charge in [0, 0.05) is 0 Å². The maximum Gasteiger partial charge on any atom is 0.325 e. The molecule has 0 aromatic heterocycles.